The highest BCUT2D eigenvalue weighted by atomic mass is 32.2. The molecule has 0 radical (unpaired) electrons. The Morgan fingerprint density at radius 1 is 1.58 bits per heavy atom. The fourth-order valence-corrected chi connectivity index (χ4v) is 2.97. The van der Waals surface area contributed by atoms with Crippen LogP contribution in [0.25, 0.3) is 0 Å². The van der Waals surface area contributed by atoms with Crippen LogP contribution in [-0.4, -0.2) is 10.1 Å². The molecule has 1 aromatic heterocycles. The number of rotatable bonds is 2. The zero-order chi connectivity index (χ0) is 8.77. The first-order valence-corrected chi connectivity index (χ1v) is 6.04. The van der Waals surface area contributed by atoms with Crippen molar-refractivity contribution in [2.75, 3.05) is 5.75 Å². The maximum Gasteiger partial charge on any atom is 0.0743 e. The second-order valence-corrected chi connectivity index (χ2v) is 5.90. The summed E-state index contributed by atoms with van der Waals surface area (Å²) < 4.78 is 4.85. The van der Waals surface area contributed by atoms with E-state index in [1.807, 2.05) is 11.8 Å². The average Bonchev–Trinajstić information content (AvgIpc) is 2.61. The molecule has 66 valence electrons. The summed E-state index contributed by atoms with van der Waals surface area (Å²) in [5.41, 5.74) is 2.79. The summed E-state index contributed by atoms with van der Waals surface area (Å²) in [5.74, 6) is 1.87. The van der Waals surface area contributed by atoms with Crippen molar-refractivity contribution in [3.63, 3.8) is 0 Å². The third kappa shape index (κ3) is 1.29. The lowest BCUT2D eigenvalue weighted by Gasteiger charge is -2.08. The summed E-state index contributed by atoms with van der Waals surface area (Å²) in [4.78, 5) is 0. The number of hydrogen-bond donors (Lipinski definition) is 0. The molecule has 1 fully saturated rings. The average molecular weight is 199 g/mol. The van der Waals surface area contributed by atoms with Crippen LogP contribution in [-0.2, 0) is 4.75 Å². The van der Waals surface area contributed by atoms with Gasteiger partial charge >= 0.3 is 0 Å². The maximum absolute atomic E-state index is 4.49. The molecule has 1 aromatic rings. The quantitative estimate of drug-likeness (QED) is 0.678. The predicted octanol–water partition coefficient (Wildman–Crippen LogP) is 3.23. The van der Waals surface area contributed by atoms with Gasteiger partial charge in [0.1, 0.15) is 0 Å². The molecule has 0 N–H and O–H groups in total. The largest absolute Gasteiger partial charge is 0.196 e. The van der Waals surface area contributed by atoms with Crippen molar-refractivity contribution in [3.05, 3.63) is 16.6 Å². The Bertz CT molecular complexity index is 286. The summed E-state index contributed by atoms with van der Waals surface area (Å²) in [5, 5.41) is 2.20. The van der Waals surface area contributed by atoms with E-state index in [0.29, 0.717) is 10.7 Å². The molecule has 1 saturated heterocycles. The smallest absolute Gasteiger partial charge is 0.0743 e. The van der Waals surface area contributed by atoms with Crippen LogP contribution in [0.4, 0.5) is 0 Å². The van der Waals surface area contributed by atoms with Crippen molar-refractivity contribution in [2.45, 2.75) is 31.4 Å². The Balaban J connectivity index is 2.37. The third-order valence-electron chi connectivity index (χ3n) is 2.30. The highest BCUT2D eigenvalue weighted by molar-refractivity contribution is 8.07. The van der Waals surface area contributed by atoms with E-state index in [0.717, 1.165) is 0 Å². The molecule has 3 heteroatoms. The molecular weight excluding hydrogens is 186 g/mol. The van der Waals surface area contributed by atoms with Crippen molar-refractivity contribution >= 4 is 23.3 Å². The summed E-state index contributed by atoms with van der Waals surface area (Å²) in [6.45, 7) is 6.77. The van der Waals surface area contributed by atoms with Gasteiger partial charge in [-0.05, 0) is 29.9 Å². The Hall–Kier alpha value is -0.0200. The van der Waals surface area contributed by atoms with E-state index in [-0.39, 0.29) is 0 Å². The monoisotopic (exact) mass is 199 g/mol. The summed E-state index contributed by atoms with van der Waals surface area (Å²) >= 11 is 3.60. The van der Waals surface area contributed by atoms with Gasteiger partial charge in [-0.1, -0.05) is 13.8 Å². The number of thioether (sulfide) groups is 1. The molecule has 1 unspecified atom stereocenters. The minimum Gasteiger partial charge on any atom is -0.196 e. The van der Waals surface area contributed by atoms with E-state index in [4.69, 9.17) is 0 Å². The van der Waals surface area contributed by atoms with Crippen molar-refractivity contribution in [2.24, 2.45) is 0 Å². The zero-order valence-corrected chi connectivity index (χ0v) is 9.26. The fraction of sp³-hybridized carbons (Fsp3) is 0.667. The van der Waals surface area contributed by atoms with E-state index in [1.54, 1.807) is 11.5 Å². The number of nitrogens with zero attached hydrogens (tertiary/aromatic N) is 1. The van der Waals surface area contributed by atoms with Gasteiger partial charge < -0.3 is 0 Å². The molecule has 0 aliphatic carbocycles. The van der Waals surface area contributed by atoms with Gasteiger partial charge in [0, 0.05) is 11.1 Å². The third-order valence-corrected chi connectivity index (χ3v) is 4.29. The molecule has 0 amide bonds. The van der Waals surface area contributed by atoms with Crippen LogP contribution in [0, 0.1) is 0 Å². The van der Waals surface area contributed by atoms with Gasteiger partial charge in [0.25, 0.3) is 0 Å². The molecule has 1 atom stereocenters. The lowest BCUT2D eigenvalue weighted by molar-refractivity contribution is 0.784. The van der Waals surface area contributed by atoms with E-state index in [9.17, 15) is 0 Å². The number of aromatic nitrogens is 1. The minimum atomic E-state index is 0.361. The molecule has 0 bridgehead atoms. The lowest BCUT2D eigenvalue weighted by atomic mass is 9.98. The molecular formula is C9H13NS2. The van der Waals surface area contributed by atoms with Gasteiger partial charge in [-0.2, -0.15) is 4.37 Å². The van der Waals surface area contributed by atoms with Gasteiger partial charge in [0.15, 0.2) is 0 Å². The van der Waals surface area contributed by atoms with Crippen molar-refractivity contribution in [1.29, 1.82) is 0 Å². The molecule has 2 heterocycles. The van der Waals surface area contributed by atoms with Gasteiger partial charge in [0.2, 0.25) is 0 Å². The van der Waals surface area contributed by atoms with Crippen LogP contribution in [0.5, 0.6) is 0 Å². The van der Waals surface area contributed by atoms with Crippen molar-refractivity contribution in [1.82, 2.24) is 4.37 Å². The molecule has 0 saturated carbocycles. The van der Waals surface area contributed by atoms with E-state index in [1.165, 1.54) is 17.0 Å². The minimum absolute atomic E-state index is 0.361. The topological polar surface area (TPSA) is 12.9 Å². The van der Waals surface area contributed by atoms with Crippen LogP contribution < -0.4 is 0 Å². The zero-order valence-electron chi connectivity index (χ0n) is 7.63. The fourth-order valence-electron chi connectivity index (χ4n) is 1.30. The van der Waals surface area contributed by atoms with Gasteiger partial charge in [0.05, 0.1) is 10.4 Å². The van der Waals surface area contributed by atoms with Crippen LogP contribution in [0.1, 0.15) is 37.9 Å². The second-order valence-electron chi connectivity index (χ2n) is 3.79. The molecule has 2 rings (SSSR count). The van der Waals surface area contributed by atoms with Gasteiger partial charge in [-0.15, -0.1) is 11.8 Å². The van der Waals surface area contributed by atoms with Crippen LogP contribution in [0.15, 0.2) is 5.38 Å². The molecule has 1 aliphatic rings. The molecule has 12 heavy (non-hydrogen) atoms. The molecule has 0 spiro atoms. The summed E-state index contributed by atoms with van der Waals surface area (Å²) in [6.07, 6.45) is 0. The second kappa shape index (κ2) is 2.74. The highest BCUT2D eigenvalue weighted by Gasteiger charge is 2.44. The summed E-state index contributed by atoms with van der Waals surface area (Å²) in [7, 11) is 0. The Kier molecular flexibility index (Phi) is 1.96. The van der Waals surface area contributed by atoms with Gasteiger partial charge in [-0.3, -0.25) is 0 Å². The standard InChI is InChI=1S/C9H13NS2/c1-6(2)7-4-12-10-8(7)9(3)5-11-9/h4,6H,5H2,1-3H3. The van der Waals surface area contributed by atoms with Crippen LogP contribution >= 0.6 is 23.3 Å². The first-order valence-electron chi connectivity index (χ1n) is 4.22. The van der Waals surface area contributed by atoms with E-state index < -0.39 is 0 Å². The van der Waals surface area contributed by atoms with E-state index in [2.05, 4.69) is 30.5 Å². The molecule has 1 aliphatic heterocycles. The molecule has 0 aromatic carbocycles. The lowest BCUT2D eigenvalue weighted by Crippen LogP contribution is -2.05. The van der Waals surface area contributed by atoms with Crippen LogP contribution in [0.2, 0.25) is 0 Å². The Morgan fingerprint density at radius 2 is 2.25 bits per heavy atom. The van der Waals surface area contributed by atoms with Crippen molar-refractivity contribution < 1.29 is 0 Å². The SMILES string of the molecule is CC(C)c1csnc1C1(C)CS1. The predicted molar refractivity (Wildman–Crippen MR) is 56.0 cm³/mol. The van der Waals surface area contributed by atoms with Crippen LogP contribution in [0.3, 0.4) is 0 Å². The first-order chi connectivity index (χ1) is 5.63. The highest BCUT2D eigenvalue weighted by Crippen LogP contribution is 2.54. The maximum atomic E-state index is 4.49. The normalized spacial score (nSPS) is 28.0. The Labute approximate surface area is 81.7 Å². The van der Waals surface area contributed by atoms with Crippen molar-refractivity contribution in [3.8, 4) is 0 Å². The Morgan fingerprint density at radius 3 is 2.75 bits per heavy atom. The first kappa shape index (κ1) is 8.57. The molecule has 1 nitrogen and oxygen atoms in total. The van der Waals surface area contributed by atoms with Gasteiger partial charge in [-0.25, -0.2) is 0 Å². The summed E-state index contributed by atoms with van der Waals surface area (Å²) in [6, 6.07) is 0. The number of hydrogen-bond acceptors (Lipinski definition) is 3. The van der Waals surface area contributed by atoms with E-state index >= 15 is 0 Å².